The van der Waals surface area contributed by atoms with Gasteiger partial charge in [0.25, 0.3) is 5.91 Å². The molecular formula is C16H19N3O2. The van der Waals surface area contributed by atoms with Gasteiger partial charge in [0.2, 0.25) is 0 Å². The normalized spacial score (nSPS) is 10.2. The van der Waals surface area contributed by atoms with E-state index < -0.39 is 0 Å². The Labute approximate surface area is 124 Å². The van der Waals surface area contributed by atoms with Crippen LogP contribution in [0.5, 0.6) is 0 Å². The molecule has 0 atom stereocenters. The van der Waals surface area contributed by atoms with Gasteiger partial charge in [0.15, 0.2) is 0 Å². The molecule has 0 bridgehead atoms. The molecule has 1 aromatic carbocycles. The van der Waals surface area contributed by atoms with E-state index in [1.807, 2.05) is 30.3 Å². The highest BCUT2D eigenvalue weighted by atomic mass is 16.3. The molecule has 1 heterocycles. The van der Waals surface area contributed by atoms with Crippen LogP contribution in [-0.4, -0.2) is 35.0 Å². The summed E-state index contributed by atoms with van der Waals surface area (Å²) < 4.78 is 0. The van der Waals surface area contributed by atoms with Crippen molar-refractivity contribution in [3.63, 3.8) is 0 Å². The number of aliphatic hydroxyl groups excluding tert-OH is 1. The van der Waals surface area contributed by atoms with Crippen molar-refractivity contribution >= 4 is 11.6 Å². The summed E-state index contributed by atoms with van der Waals surface area (Å²) in [5.41, 5.74) is 3.26. The second kappa shape index (κ2) is 6.85. The smallest absolute Gasteiger partial charge is 0.272 e. The molecule has 0 aliphatic carbocycles. The van der Waals surface area contributed by atoms with Gasteiger partial charge in [-0.2, -0.15) is 0 Å². The van der Waals surface area contributed by atoms with Crippen LogP contribution in [0.3, 0.4) is 0 Å². The van der Waals surface area contributed by atoms with E-state index in [4.69, 9.17) is 5.11 Å². The van der Waals surface area contributed by atoms with Crippen LogP contribution in [0.4, 0.5) is 5.69 Å². The van der Waals surface area contributed by atoms with E-state index in [1.165, 1.54) is 4.90 Å². The summed E-state index contributed by atoms with van der Waals surface area (Å²) in [6, 6.07) is 11.3. The van der Waals surface area contributed by atoms with Crippen molar-refractivity contribution in [1.82, 2.24) is 9.88 Å². The maximum Gasteiger partial charge on any atom is 0.272 e. The monoisotopic (exact) mass is 285 g/mol. The maximum atomic E-state index is 11.9. The number of carbonyl (C=O) groups is 1. The van der Waals surface area contributed by atoms with Crippen molar-refractivity contribution in [2.24, 2.45) is 0 Å². The summed E-state index contributed by atoms with van der Waals surface area (Å²) in [6.45, 7) is 0.694. The van der Waals surface area contributed by atoms with Gasteiger partial charge in [-0.25, -0.2) is 0 Å². The number of pyridine rings is 1. The van der Waals surface area contributed by atoms with Crippen LogP contribution in [0.25, 0.3) is 0 Å². The lowest BCUT2D eigenvalue weighted by Crippen LogP contribution is -2.22. The van der Waals surface area contributed by atoms with E-state index >= 15 is 0 Å². The van der Waals surface area contributed by atoms with Crippen molar-refractivity contribution in [2.45, 2.75) is 13.2 Å². The van der Waals surface area contributed by atoms with Crippen LogP contribution in [0.15, 0.2) is 42.6 Å². The fourth-order valence-electron chi connectivity index (χ4n) is 1.85. The molecule has 2 N–H and O–H groups in total. The lowest BCUT2D eigenvalue weighted by Gasteiger charge is -2.11. The van der Waals surface area contributed by atoms with E-state index in [2.05, 4.69) is 10.3 Å². The Kier molecular flexibility index (Phi) is 4.90. The standard InChI is InChI=1S/C16H19N3O2/c1-19(2)16(21)15-9-14(7-8-17-15)18-10-12-3-5-13(11-20)6-4-12/h3-9,20H,10-11H2,1-2H3,(H,17,18). The van der Waals surface area contributed by atoms with Crippen LogP contribution in [0.1, 0.15) is 21.6 Å². The zero-order chi connectivity index (χ0) is 15.2. The average molecular weight is 285 g/mol. The minimum absolute atomic E-state index is 0.0497. The first-order valence-electron chi connectivity index (χ1n) is 6.70. The second-order valence-electron chi connectivity index (χ2n) is 4.96. The van der Waals surface area contributed by atoms with Crippen molar-refractivity contribution in [1.29, 1.82) is 0 Å². The third-order valence-electron chi connectivity index (χ3n) is 3.09. The van der Waals surface area contributed by atoms with E-state index in [0.717, 1.165) is 16.8 Å². The number of hydrogen-bond acceptors (Lipinski definition) is 4. The van der Waals surface area contributed by atoms with Gasteiger partial charge in [-0.3, -0.25) is 9.78 Å². The van der Waals surface area contributed by atoms with Crippen LogP contribution < -0.4 is 5.32 Å². The summed E-state index contributed by atoms with van der Waals surface area (Å²) in [5.74, 6) is -0.119. The van der Waals surface area contributed by atoms with Gasteiger partial charge in [0.1, 0.15) is 5.69 Å². The highest BCUT2D eigenvalue weighted by Gasteiger charge is 2.09. The summed E-state index contributed by atoms with van der Waals surface area (Å²) in [6.07, 6.45) is 1.62. The van der Waals surface area contributed by atoms with Gasteiger partial charge in [-0.05, 0) is 23.3 Å². The predicted molar refractivity (Wildman–Crippen MR) is 81.9 cm³/mol. The van der Waals surface area contributed by atoms with Crippen LogP contribution in [0.2, 0.25) is 0 Å². The summed E-state index contributed by atoms with van der Waals surface area (Å²) >= 11 is 0. The van der Waals surface area contributed by atoms with Crippen molar-refractivity contribution in [2.75, 3.05) is 19.4 Å². The molecule has 2 aromatic rings. The van der Waals surface area contributed by atoms with E-state index in [1.54, 1.807) is 26.4 Å². The minimum Gasteiger partial charge on any atom is -0.392 e. The van der Waals surface area contributed by atoms with Gasteiger partial charge in [0.05, 0.1) is 6.61 Å². The van der Waals surface area contributed by atoms with E-state index in [9.17, 15) is 4.79 Å². The molecule has 2 rings (SSSR count). The molecule has 0 fully saturated rings. The Balaban J connectivity index is 2.02. The number of nitrogens with zero attached hydrogens (tertiary/aromatic N) is 2. The van der Waals surface area contributed by atoms with Gasteiger partial charge in [-0.1, -0.05) is 24.3 Å². The highest BCUT2D eigenvalue weighted by Crippen LogP contribution is 2.12. The third kappa shape index (κ3) is 4.03. The molecule has 1 amide bonds. The first-order chi connectivity index (χ1) is 10.1. The average Bonchev–Trinajstić information content (AvgIpc) is 2.53. The Hall–Kier alpha value is -2.40. The lowest BCUT2D eigenvalue weighted by molar-refractivity contribution is 0.0822. The van der Waals surface area contributed by atoms with Gasteiger partial charge >= 0.3 is 0 Å². The number of nitrogens with one attached hydrogen (secondary N) is 1. The Morgan fingerprint density at radius 2 is 1.86 bits per heavy atom. The van der Waals surface area contributed by atoms with Gasteiger partial charge < -0.3 is 15.3 Å². The molecule has 110 valence electrons. The highest BCUT2D eigenvalue weighted by molar-refractivity contribution is 5.92. The number of aromatic nitrogens is 1. The third-order valence-corrected chi connectivity index (χ3v) is 3.09. The summed E-state index contributed by atoms with van der Waals surface area (Å²) in [7, 11) is 3.40. The van der Waals surface area contributed by atoms with Crippen molar-refractivity contribution in [3.8, 4) is 0 Å². The van der Waals surface area contributed by atoms with E-state index in [0.29, 0.717) is 12.2 Å². The molecule has 5 nitrogen and oxygen atoms in total. The zero-order valence-electron chi connectivity index (χ0n) is 12.2. The van der Waals surface area contributed by atoms with E-state index in [-0.39, 0.29) is 12.5 Å². The largest absolute Gasteiger partial charge is 0.392 e. The van der Waals surface area contributed by atoms with Crippen LogP contribution in [-0.2, 0) is 13.2 Å². The fraction of sp³-hybridized carbons (Fsp3) is 0.250. The number of amides is 1. The molecule has 0 radical (unpaired) electrons. The Morgan fingerprint density at radius 3 is 2.48 bits per heavy atom. The Morgan fingerprint density at radius 1 is 1.19 bits per heavy atom. The molecule has 0 aliphatic rings. The summed E-state index contributed by atoms with van der Waals surface area (Å²) in [4.78, 5) is 17.4. The maximum absolute atomic E-state index is 11.9. The quantitative estimate of drug-likeness (QED) is 0.880. The first-order valence-corrected chi connectivity index (χ1v) is 6.70. The molecular weight excluding hydrogens is 266 g/mol. The fourth-order valence-corrected chi connectivity index (χ4v) is 1.85. The SMILES string of the molecule is CN(C)C(=O)c1cc(NCc2ccc(CO)cc2)ccn1. The topological polar surface area (TPSA) is 65.5 Å². The first kappa shape index (κ1) is 15.0. The molecule has 0 aliphatic heterocycles. The minimum atomic E-state index is -0.119. The number of rotatable bonds is 5. The Bertz CT molecular complexity index is 609. The molecule has 5 heteroatoms. The number of carbonyl (C=O) groups excluding carboxylic acids is 1. The molecule has 0 unspecified atom stereocenters. The molecule has 0 saturated carbocycles. The van der Waals surface area contributed by atoms with Gasteiger partial charge in [-0.15, -0.1) is 0 Å². The number of aliphatic hydroxyl groups is 1. The molecule has 0 saturated heterocycles. The van der Waals surface area contributed by atoms with Crippen molar-refractivity contribution in [3.05, 3.63) is 59.4 Å². The van der Waals surface area contributed by atoms with Crippen LogP contribution >= 0.6 is 0 Å². The molecule has 0 spiro atoms. The number of hydrogen-bond donors (Lipinski definition) is 2. The number of anilines is 1. The van der Waals surface area contributed by atoms with Gasteiger partial charge in [0, 0.05) is 32.5 Å². The second-order valence-corrected chi connectivity index (χ2v) is 4.96. The zero-order valence-corrected chi connectivity index (χ0v) is 12.2. The molecule has 21 heavy (non-hydrogen) atoms. The number of benzene rings is 1. The lowest BCUT2D eigenvalue weighted by atomic mass is 10.1. The van der Waals surface area contributed by atoms with Crippen molar-refractivity contribution < 1.29 is 9.90 Å². The molecule has 1 aromatic heterocycles. The predicted octanol–water partition coefficient (Wildman–Crippen LogP) is 1.89. The van der Waals surface area contributed by atoms with Crippen LogP contribution in [0, 0.1) is 0 Å². The summed E-state index contributed by atoms with van der Waals surface area (Å²) in [5, 5.41) is 12.3.